The first-order valence-electron chi connectivity index (χ1n) is 6.92. The minimum absolute atomic E-state index is 0.00884. The van der Waals surface area contributed by atoms with Gasteiger partial charge in [-0.1, -0.05) is 39.8 Å². The van der Waals surface area contributed by atoms with Crippen molar-refractivity contribution in [1.82, 2.24) is 10.2 Å². The molecule has 2 unspecified atom stereocenters. The lowest BCUT2D eigenvalue weighted by molar-refractivity contribution is -0.159. The topological polar surface area (TPSA) is 49.4 Å². The highest BCUT2D eigenvalue weighted by atomic mass is 16.2. The van der Waals surface area contributed by atoms with Crippen LogP contribution in [0.1, 0.15) is 48.0 Å². The van der Waals surface area contributed by atoms with Crippen molar-refractivity contribution in [3.8, 4) is 0 Å². The zero-order chi connectivity index (χ0) is 14.8. The summed E-state index contributed by atoms with van der Waals surface area (Å²) in [6, 6.07) is -0.454. The van der Waals surface area contributed by atoms with Crippen molar-refractivity contribution in [3.63, 3.8) is 0 Å². The van der Waals surface area contributed by atoms with Crippen molar-refractivity contribution in [2.24, 2.45) is 5.41 Å². The Morgan fingerprint density at radius 2 is 1.95 bits per heavy atom. The summed E-state index contributed by atoms with van der Waals surface area (Å²) in [6.07, 6.45) is 4.44. The van der Waals surface area contributed by atoms with E-state index < -0.39 is 11.6 Å². The highest BCUT2D eigenvalue weighted by Crippen LogP contribution is 2.31. The van der Waals surface area contributed by atoms with Crippen LogP contribution in [0.5, 0.6) is 0 Å². The van der Waals surface area contributed by atoms with E-state index in [0.29, 0.717) is 13.0 Å². The van der Waals surface area contributed by atoms with E-state index in [9.17, 15) is 9.59 Å². The summed E-state index contributed by atoms with van der Waals surface area (Å²) in [5.74, 6) is -0.0476. The van der Waals surface area contributed by atoms with Gasteiger partial charge in [0.25, 0.3) is 0 Å². The number of rotatable bonds is 3. The van der Waals surface area contributed by atoms with Crippen LogP contribution in [-0.2, 0) is 9.59 Å². The molecule has 1 rings (SSSR count). The van der Waals surface area contributed by atoms with Crippen molar-refractivity contribution < 1.29 is 9.59 Å². The second kappa shape index (κ2) is 5.35. The van der Waals surface area contributed by atoms with E-state index in [4.69, 9.17) is 0 Å². The standard InChI is InChI=1S/C15H26N2O2/c1-7-9-10-17-12(18)11(14(3,4)5)16-13(19)15(17,6)8-2/h7,9,11H,8,10H2,1-6H3,(H,16,19)/b9-7+. The van der Waals surface area contributed by atoms with Gasteiger partial charge in [-0.25, -0.2) is 0 Å². The molecule has 0 spiro atoms. The molecule has 4 heteroatoms. The van der Waals surface area contributed by atoms with Crippen LogP contribution in [0.3, 0.4) is 0 Å². The summed E-state index contributed by atoms with van der Waals surface area (Å²) < 4.78 is 0. The van der Waals surface area contributed by atoms with Gasteiger partial charge >= 0.3 is 0 Å². The molecule has 1 aliphatic rings. The van der Waals surface area contributed by atoms with Crippen molar-refractivity contribution in [3.05, 3.63) is 12.2 Å². The Balaban J connectivity index is 3.16. The van der Waals surface area contributed by atoms with Crippen LogP contribution >= 0.6 is 0 Å². The van der Waals surface area contributed by atoms with Crippen LogP contribution < -0.4 is 5.32 Å². The van der Waals surface area contributed by atoms with Gasteiger partial charge in [-0.2, -0.15) is 0 Å². The molecule has 19 heavy (non-hydrogen) atoms. The minimum atomic E-state index is -0.752. The number of carbonyl (C=O) groups is 2. The largest absolute Gasteiger partial charge is 0.342 e. The summed E-state index contributed by atoms with van der Waals surface area (Å²) in [6.45, 7) is 12.1. The van der Waals surface area contributed by atoms with Crippen molar-refractivity contribution in [1.29, 1.82) is 0 Å². The number of nitrogens with zero attached hydrogens (tertiary/aromatic N) is 1. The number of hydrogen-bond acceptors (Lipinski definition) is 2. The Labute approximate surface area is 116 Å². The van der Waals surface area contributed by atoms with Gasteiger partial charge in [-0.05, 0) is 25.7 Å². The molecule has 1 N–H and O–H groups in total. The lowest BCUT2D eigenvalue weighted by atomic mass is 9.80. The van der Waals surface area contributed by atoms with Gasteiger partial charge in [0, 0.05) is 6.54 Å². The maximum atomic E-state index is 12.7. The molecule has 2 atom stereocenters. The molecule has 108 valence electrons. The van der Waals surface area contributed by atoms with E-state index in [1.54, 1.807) is 4.90 Å². The predicted molar refractivity (Wildman–Crippen MR) is 76.6 cm³/mol. The molecule has 1 heterocycles. The van der Waals surface area contributed by atoms with Crippen LogP contribution in [0, 0.1) is 5.41 Å². The maximum absolute atomic E-state index is 12.7. The van der Waals surface area contributed by atoms with Crippen LogP contribution in [0.15, 0.2) is 12.2 Å². The summed E-state index contributed by atoms with van der Waals surface area (Å²) >= 11 is 0. The summed E-state index contributed by atoms with van der Waals surface area (Å²) in [5.41, 5.74) is -1.03. The average molecular weight is 266 g/mol. The molecule has 0 aromatic rings. The zero-order valence-electron chi connectivity index (χ0n) is 12.9. The molecular weight excluding hydrogens is 240 g/mol. The quantitative estimate of drug-likeness (QED) is 0.795. The van der Waals surface area contributed by atoms with E-state index in [0.717, 1.165) is 0 Å². The molecule has 0 saturated carbocycles. The normalized spacial score (nSPS) is 28.9. The molecule has 2 amide bonds. The fourth-order valence-corrected chi connectivity index (χ4v) is 2.31. The Kier molecular flexibility index (Phi) is 4.43. The minimum Gasteiger partial charge on any atom is -0.342 e. The zero-order valence-corrected chi connectivity index (χ0v) is 12.9. The molecule has 0 radical (unpaired) electrons. The SMILES string of the molecule is C/C=C/CN1C(=O)C(C(C)(C)C)NC(=O)C1(C)CC. The third-order valence-corrected chi connectivity index (χ3v) is 3.95. The molecule has 1 aliphatic heterocycles. The van der Waals surface area contributed by atoms with E-state index in [1.807, 2.05) is 53.7 Å². The summed E-state index contributed by atoms with van der Waals surface area (Å²) in [5, 5.41) is 2.90. The number of allylic oxidation sites excluding steroid dienone is 1. The first-order chi connectivity index (χ1) is 8.68. The lowest BCUT2D eigenvalue weighted by Crippen LogP contribution is -2.71. The fourth-order valence-electron chi connectivity index (χ4n) is 2.31. The highest BCUT2D eigenvalue weighted by Gasteiger charge is 2.50. The van der Waals surface area contributed by atoms with Gasteiger partial charge in [0.1, 0.15) is 11.6 Å². The lowest BCUT2D eigenvalue weighted by Gasteiger charge is -2.48. The third kappa shape index (κ3) is 2.82. The number of carbonyl (C=O) groups excluding carboxylic acids is 2. The van der Waals surface area contributed by atoms with Crippen molar-refractivity contribution >= 4 is 11.8 Å². The van der Waals surface area contributed by atoms with Crippen LogP contribution in [0.2, 0.25) is 0 Å². The second-order valence-corrected chi connectivity index (χ2v) is 6.42. The molecule has 0 bridgehead atoms. The maximum Gasteiger partial charge on any atom is 0.246 e. The van der Waals surface area contributed by atoms with Crippen molar-refractivity contribution in [2.45, 2.75) is 59.5 Å². The van der Waals surface area contributed by atoms with Gasteiger partial charge < -0.3 is 10.2 Å². The number of nitrogens with one attached hydrogen (secondary N) is 1. The van der Waals surface area contributed by atoms with Gasteiger partial charge in [0.15, 0.2) is 0 Å². The number of piperazine rings is 1. The Bertz CT molecular complexity index is 395. The highest BCUT2D eigenvalue weighted by molar-refractivity contribution is 6.00. The smallest absolute Gasteiger partial charge is 0.246 e. The van der Waals surface area contributed by atoms with Gasteiger partial charge in [0.2, 0.25) is 11.8 Å². The average Bonchev–Trinajstić information content (AvgIpc) is 2.32. The van der Waals surface area contributed by atoms with Crippen LogP contribution in [-0.4, -0.2) is 34.8 Å². The van der Waals surface area contributed by atoms with Crippen molar-refractivity contribution in [2.75, 3.05) is 6.54 Å². The summed E-state index contributed by atoms with van der Waals surface area (Å²) in [7, 11) is 0. The van der Waals surface area contributed by atoms with Gasteiger partial charge in [0.05, 0.1) is 0 Å². The fraction of sp³-hybridized carbons (Fsp3) is 0.733. The molecule has 0 aromatic heterocycles. The van der Waals surface area contributed by atoms with E-state index >= 15 is 0 Å². The molecular formula is C15H26N2O2. The van der Waals surface area contributed by atoms with Crippen LogP contribution in [0.25, 0.3) is 0 Å². The summed E-state index contributed by atoms with van der Waals surface area (Å²) in [4.78, 5) is 26.8. The second-order valence-electron chi connectivity index (χ2n) is 6.42. The molecule has 0 aliphatic carbocycles. The molecule has 1 fully saturated rings. The van der Waals surface area contributed by atoms with E-state index in [2.05, 4.69) is 5.32 Å². The Morgan fingerprint density at radius 3 is 2.37 bits per heavy atom. The first-order valence-corrected chi connectivity index (χ1v) is 6.92. The van der Waals surface area contributed by atoms with Crippen LogP contribution in [0.4, 0.5) is 0 Å². The monoisotopic (exact) mass is 266 g/mol. The van der Waals surface area contributed by atoms with Gasteiger partial charge in [-0.15, -0.1) is 0 Å². The molecule has 0 aromatic carbocycles. The third-order valence-electron chi connectivity index (χ3n) is 3.95. The number of hydrogen-bond donors (Lipinski definition) is 1. The Hall–Kier alpha value is -1.32. The van der Waals surface area contributed by atoms with Gasteiger partial charge in [-0.3, -0.25) is 9.59 Å². The molecule has 1 saturated heterocycles. The Morgan fingerprint density at radius 1 is 1.37 bits per heavy atom. The predicted octanol–water partition coefficient (Wildman–Crippen LogP) is 2.10. The first kappa shape index (κ1) is 15.7. The van der Waals surface area contributed by atoms with E-state index in [-0.39, 0.29) is 17.2 Å². The van der Waals surface area contributed by atoms with E-state index in [1.165, 1.54) is 0 Å². The molecule has 4 nitrogen and oxygen atoms in total. The number of amides is 2.